The van der Waals surface area contributed by atoms with Gasteiger partial charge in [0.15, 0.2) is 0 Å². The molecule has 0 aliphatic heterocycles. The SMILES string of the molecule is Cc1cccc(C)c1-n1ccnc1-n1c2ccccc2c2ccc(Oc3cccc(-n4[c-][n+](-c5cccc6c7ccccc7n(-c7ccccc7)c56)c5ccccc54)c3)cc21. The monoisotopic (exact) mass is 786 g/mol. The van der Waals surface area contributed by atoms with Gasteiger partial charge in [0.25, 0.3) is 6.33 Å². The first-order valence-corrected chi connectivity index (χ1v) is 20.6. The lowest BCUT2D eigenvalue weighted by Crippen LogP contribution is -2.30. The van der Waals surface area contributed by atoms with Crippen molar-refractivity contribution in [3.05, 3.63) is 212 Å². The van der Waals surface area contributed by atoms with Gasteiger partial charge in [0.1, 0.15) is 11.5 Å². The highest BCUT2D eigenvalue weighted by molar-refractivity contribution is 6.11. The molecule has 4 aromatic heterocycles. The normalized spacial score (nSPS) is 11.8. The average Bonchev–Trinajstić information content (AvgIpc) is 4.08. The molecular formula is C54H38N6O. The molecule has 0 atom stereocenters. The zero-order chi connectivity index (χ0) is 40.6. The predicted octanol–water partition coefficient (Wildman–Crippen LogP) is 12.5. The van der Waals surface area contributed by atoms with Crippen LogP contribution in [-0.2, 0) is 0 Å². The zero-order valence-corrected chi connectivity index (χ0v) is 33.6. The number of ether oxygens (including phenoxy) is 1. The second kappa shape index (κ2) is 13.7. The Hall–Kier alpha value is -8.16. The number of rotatable bonds is 7. The lowest BCUT2D eigenvalue weighted by atomic mass is 10.1. The number of hydrogen-bond acceptors (Lipinski definition) is 2. The maximum absolute atomic E-state index is 6.75. The van der Waals surface area contributed by atoms with Crippen LogP contribution in [-0.4, -0.2) is 23.3 Å². The molecule has 0 aliphatic carbocycles. The van der Waals surface area contributed by atoms with Crippen molar-refractivity contribution in [3.63, 3.8) is 0 Å². The molecule has 0 aliphatic rings. The number of nitrogens with zero attached hydrogens (tertiary/aromatic N) is 6. The van der Waals surface area contributed by atoms with Crippen LogP contribution in [0.25, 0.3) is 83.3 Å². The largest absolute Gasteiger partial charge is 0.458 e. The van der Waals surface area contributed by atoms with Gasteiger partial charge < -0.3 is 9.30 Å². The molecule has 8 aromatic carbocycles. The smallest absolute Gasteiger partial charge is 0.269 e. The first-order chi connectivity index (χ1) is 30.1. The third kappa shape index (κ3) is 5.44. The number of aromatic nitrogens is 6. The van der Waals surface area contributed by atoms with Crippen LogP contribution in [0.5, 0.6) is 11.5 Å². The van der Waals surface area contributed by atoms with Crippen LogP contribution in [0.2, 0.25) is 0 Å². The van der Waals surface area contributed by atoms with Crippen LogP contribution in [0.3, 0.4) is 0 Å². The van der Waals surface area contributed by atoms with E-state index in [9.17, 15) is 0 Å². The minimum absolute atomic E-state index is 0.723. The number of imidazole rings is 2. The summed E-state index contributed by atoms with van der Waals surface area (Å²) in [4.78, 5) is 4.95. The van der Waals surface area contributed by atoms with Gasteiger partial charge in [-0.1, -0.05) is 115 Å². The van der Waals surface area contributed by atoms with Gasteiger partial charge in [0.2, 0.25) is 5.95 Å². The van der Waals surface area contributed by atoms with E-state index in [1.807, 2.05) is 24.5 Å². The number of para-hydroxylation sites is 7. The topological polar surface area (TPSA) is 45.7 Å². The molecule has 61 heavy (non-hydrogen) atoms. The van der Waals surface area contributed by atoms with E-state index >= 15 is 0 Å². The van der Waals surface area contributed by atoms with Crippen molar-refractivity contribution < 1.29 is 9.30 Å². The van der Waals surface area contributed by atoms with Crippen molar-refractivity contribution in [1.29, 1.82) is 0 Å². The van der Waals surface area contributed by atoms with Crippen LogP contribution in [0.15, 0.2) is 194 Å². The molecule has 290 valence electrons. The molecule has 0 amide bonds. The fourth-order valence-electron chi connectivity index (χ4n) is 9.33. The molecule has 7 nitrogen and oxygen atoms in total. The van der Waals surface area contributed by atoms with Crippen LogP contribution >= 0.6 is 0 Å². The van der Waals surface area contributed by atoms with Gasteiger partial charge in [-0.25, -0.2) is 4.98 Å². The summed E-state index contributed by atoms with van der Waals surface area (Å²) in [6.45, 7) is 4.30. The van der Waals surface area contributed by atoms with Crippen molar-refractivity contribution in [1.82, 2.24) is 23.3 Å². The molecule has 0 N–H and O–H groups in total. The van der Waals surface area contributed by atoms with E-state index in [-0.39, 0.29) is 0 Å². The van der Waals surface area contributed by atoms with Gasteiger partial charge >= 0.3 is 0 Å². The van der Waals surface area contributed by atoms with E-state index in [0.717, 1.165) is 84.1 Å². The van der Waals surface area contributed by atoms with Crippen molar-refractivity contribution in [2.75, 3.05) is 0 Å². The van der Waals surface area contributed by atoms with Crippen LogP contribution in [0.4, 0.5) is 0 Å². The average molecular weight is 787 g/mol. The van der Waals surface area contributed by atoms with Gasteiger partial charge in [-0.2, -0.15) is 0 Å². The van der Waals surface area contributed by atoms with Crippen molar-refractivity contribution >= 4 is 54.6 Å². The predicted molar refractivity (Wildman–Crippen MR) is 245 cm³/mol. The maximum atomic E-state index is 6.75. The minimum Gasteiger partial charge on any atom is -0.458 e. The third-order valence-electron chi connectivity index (χ3n) is 12.0. The van der Waals surface area contributed by atoms with E-state index in [2.05, 4.69) is 213 Å². The molecule has 0 saturated carbocycles. The number of hydrogen-bond donors (Lipinski definition) is 0. The standard InChI is InChI=1S/C54H38N6O/c1-36-15-12-16-37(2)52(36)56-32-31-55-54(56)60-47-25-9-6-21-42(47)44-30-29-41(34-51(44)60)61-40-20-13-19-39(33-40)57-35-58(49-27-11-10-26-48(49)57)50-28-14-23-45-43-22-7-8-24-46(43)59(53(45)50)38-17-4-3-5-18-38/h3-34H,1-2H3. The van der Waals surface area contributed by atoms with Crippen LogP contribution < -0.4 is 9.30 Å². The van der Waals surface area contributed by atoms with E-state index in [0.29, 0.717) is 0 Å². The molecule has 0 radical (unpaired) electrons. The minimum atomic E-state index is 0.723. The van der Waals surface area contributed by atoms with Crippen LogP contribution in [0.1, 0.15) is 11.1 Å². The first-order valence-electron chi connectivity index (χ1n) is 20.6. The maximum Gasteiger partial charge on any atom is 0.269 e. The summed E-state index contributed by atoms with van der Waals surface area (Å²) in [5, 5.41) is 4.69. The zero-order valence-electron chi connectivity index (χ0n) is 33.6. The summed E-state index contributed by atoms with van der Waals surface area (Å²) in [6, 6.07) is 63.8. The summed E-state index contributed by atoms with van der Waals surface area (Å²) < 4.78 is 17.9. The number of aryl methyl sites for hydroxylation is 2. The molecule has 12 rings (SSSR count). The van der Waals surface area contributed by atoms with Gasteiger partial charge in [0, 0.05) is 45.7 Å². The molecule has 4 heterocycles. The third-order valence-corrected chi connectivity index (χ3v) is 12.0. The Morgan fingerprint density at radius 1 is 0.508 bits per heavy atom. The van der Waals surface area contributed by atoms with Gasteiger partial charge in [-0.15, -0.1) is 0 Å². The summed E-state index contributed by atoms with van der Waals surface area (Å²) >= 11 is 0. The van der Waals surface area contributed by atoms with Crippen molar-refractivity contribution in [2.45, 2.75) is 13.8 Å². The summed E-state index contributed by atoms with van der Waals surface area (Å²) in [5.41, 5.74) is 13.1. The fourth-order valence-corrected chi connectivity index (χ4v) is 9.33. The molecule has 0 fully saturated rings. The fraction of sp³-hybridized carbons (Fsp3) is 0.0370. The van der Waals surface area contributed by atoms with Crippen LogP contribution in [0, 0.1) is 20.2 Å². The molecule has 0 bridgehead atoms. The Balaban J connectivity index is 0.975. The summed E-state index contributed by atoms with van der Waals surface area (Å²) in [6.07, 6.45) is 7.69. The van der Waals surface area contributed by atoms with Gasteiger partial charge in [-0.05, 0) is 85.6 Å². The quantitative estimate of drug-likeness (QED) is 0.119. The van der Waals surface area contributed by atoms with E-state index < -0.39 is 0 Å². The second-order valence-electron chi connectivity index (χ2n) is 15.6. The molecule has 0 saturated heterocycles. The molecular weight excluding hydrogens is 749 g/mol. The Labute approximate surface area is 351 Å². The Kier molecular flexibility index (Phi) is 7.83. The lowest BCUT2D eigenvalue weighted by Gasteiger charge is -2.16. The lowest BCUT2D eigenvalue weighted by molar-refractivity contribution is -0.571. The second-order valence-corrected chi connectivity index (χ2v) is 15.6. The summed E-state index contributed by atoms with van der Waals surface area (Å²) in [7, 11) is 0. The highest BCUT2D eigenvalue weighted by Gasteiger charge is 2.21. The van der Waals surface area contributed by atoms with Gasteiger partial charge in [-0.3, -0.25) is 18.3 Å². The molecule has 0 spiro atoms. The van der Waals surface area contributed by atoms with E-state index in [1.165, 1.54) is 21.9 Å². The highest BCUT2D eigenvalue weighted by Crippen LogP contribution is 2.38. The van der Waals surface area contributed by atoms with Gasteiger partial charge in [0.05, 0.1) is 50.2 Å². The first kappa shape index (κ1) is 34.8. The Morgan fingerprint density at radius 2 is 1.13 bits per heavy atom. The Bertz CT molecular complexity index is 3640. The van der Waals surface area contributed by atoms with Crippen molar-refractivity contribution in [3.8, 4) is 40.2 Å². The highest BCUT2D eigenvalue weighted by atomic mass is 16.5. The Morgan fingerprint density at radius 3 is 1.95 bits per heavy atom. The van der Waals surface area contributed by atoms with E-state index in [1.54, 1.807) is 0 Å². The summed E-state index contributed by atoms with van der Waals surface area (Å²) in [5.74, 6) is 2.28. The molecule has 7 heteroatoms. The van der Waals surface area contributed by atoms with Crippen molar-refractivity contribution in [2.24, 2.45) is 0 Å². The molecule has 0 unspecified atom stereocenters. The van der Waals surface area contributed by atoms with E-state index in [4.69, 9.17) is 9.72 Å². The number of fused-ring (bicyclic) bond motifs is 7. The number of benzene rings is 8. The molecule has 12 aromatic rings.